The number of aromatic nitrogens is 2. The van der Waals surface area contributed by atoms with Crippen LogP contribution in [0.4, 0.5) is 11.4 Å². The van der Waals surface area contributed by atoms with E-state index >= 15 is 0 Å². The minimum Gasteiger partial charge on any atom is -0.274 e. The molecule has 0 saturated carbocycles. The minimum atomic E-state index is -0.649. The number of aryl methyl sites for hydroxylation is 2. The number of nitrogens with zero attached hydrogens (tertiary/aromatic N) is 4. The lowest BCUT2D eigenvalue weighted by Crippen LogP contribution is -2.31. The van der Waals surface area contributed by atoms with Gasteiger partial charge in [0, 0.05) is 18.2 Å². The first-order valence-corrected chi connectivity index (χ1v) is 7.97. The zero-order valence-electron chi connectivity index (χ0n) is 13.6. The number of halogens is 1. The van der Waals surface area contributed by atoms with E-state index in [-0.39, 0.29) is 29.4 Å². The van der Waals surface area contributed by atoms with E-state index in [1.165, 1.54) is 12.1 Å². The predicted molar refractivity (Wildman–Crippen MR) is 90.4 cm³/mol. The van der Waals surface area contributed by atoms with Gasteiger partial charge >= 0.3 is 0 Å². The average molecular weight is 363 g/mol. The molecular formula is C16H15ClN4O4. The van der Waals surface area contributed by atoms with Crippen LogP contribution in [0.1, 0.15) is 17.8 Å². The smallest absolute Gasteiger partial charge is 0.274 e. The highest BCUT2D eigenvalue weighted by atomic mass is 35.5. The van der Waals surface area contributed by atoms with Gasteiger partial charge < -0.3 is 0 Å². The van der Waals surface area contributed by atoms with Gasteiger partial charge in [0.05, 0.1) is 28.8 Å². The lowest BCUT2D eigenvalue weighted by atomic mass is 10.1. The van der Waals surface area contributed by atoms with Crippen LogP contribution in [0.2, 0.25) is 5.02 Å². The Labute approximate surface area is 148 Å². The third kappa shape index (κ3) is 3.12. The molecule has 2 heterocycles. The van der Waals surface area contributed by atoms with Gasteiger partial charge in [0.2, 0.25) is 11.8 Å². The first-order chi connectivity index (χ1) is 11.8. The second kappa shape index (κ2) is 6.29. The van der Waals surface area contributed by atoms with Gasteiger partial charge in [0.15, 0.2) is 0 Å². The lowest BCUT2D eigenvalue weighted by molar-refractivity contribution is -0.384. The summed E-state index contributed by atoms with van der Waals surface area (Å²) in [5, 5.41) is 15.3. The van der Waals surface area contributed by atoms with E-state index in [0.29, 0.717) is 0 Å². The standard InChI is InChI=1S/C16H15ClN4O4/c1-9-5-10(2)19(18-9)8-11-6-15(22)20(16(11)23)12-3-4-13(17)14(7-12)21(24)25/h3-5,7,11H,6,8H2,1-2H3. The highest BCUT2D eigenvalue weighted by Crippen LogP contribution is 2.33. The number of hydrogen-bond acceptors (Lipinski definition) is 5. The molecule has 1 aromatic carbocycles. The molecule has 1 fully saturated rings. The van der Waals surface area contributed by atoms with E-state index < -0.39 is 22.7 Å². The lowest BCUT2D eigenvalue weighted by Gasteiger charge is -2.15. The molecule has 1 aromatic heterocycles. The highest BCUT2D eigenvalue weighted by Gasteiger charge is 2.40. The van der Waals surface area contributed by atoms with Crippen molar-refractivity contribution >= 4 is 34.8 Å². The van der Waals surface area contributed by atoms with Crippen molar-refractivity contribution < 1.29 is 14.5 Å². The second-order valence-electron chi connectivity index (χ2n) is 5.97. The molecule has 0 N–H and O–H groups in total. The summed E-state index contributed by atoms with van der Waals surface area (Å²) in [6.07, 6.45) is 0.0353. The Morgan fingerprint density at radius 3 is 2.64 bits per heavy atom. The molecule has 25 heavy (non-hydrogen) atoms. The Bertz CT molecular complexity index is 892. The fraction of sp³-hybridized carbons (Fsp3) is 0.312. The zero-order valence-corrected chi connectivity index (χ0v) is 14.4. The van der Waals surface area contributed by atoms with Gasteiger partial charge in [-0.1, -0.05) is 11.6 Å². The number of nitro benzene ring substituents is 1. The summed E-state index contributed by atoms with van der Waals surface area (Å²) in [5.74, 6) is -1.34. The van der Waals surface area contributed by atoms with E-state index in [0.717, 1.165) is 22.4 Å². The Hall–Kier alpha value is -2.74. The number of imide groups is 1. The fourth-order valence-electron chi connectivity index (χ4n) is 2.96. The number of amides is 2. The van der Waals surface area contributed by atoms with Gasteiger partial charge in [-0.15, -0.1) is 0 Å². The maximum Gasteiger partial charge on any atom is 0.289 e. The molecule has 1 unspecified atom stereocenters. The van der Waals surface area contributed by atoms with Crippen LogP contribution in [0.5, 0.6) is 0 Å². The van der Waals surface area contributed by atoms with Crippen molar-refractivity contribution in [2.45, 2.75) is 26.8 Å². The number of anilines is 1. The van der Waals surface area contributed by atoms with Crippen molar-refractivity contribution in [3.63, 3.8) is 0 Å². The van der Waals surface area contributed by atoms with Gasteiger partial charge in [-0.05, 0) is 32.0 Å². The quantitative estimate of drug-likeness (QED) is 0.473. The molecule has 2 aromatic rings. The molecule has 1 atom stereocenters. The Kier molecular flexibility index (Phi) is 4.30. The molecule has 0 radical (unpaired) electrons. The molecule has 1 saturated heterocycles. The summed E-state index contributed by atoms with van der Waals surface area (Å²) >= 11 is 5.78. The predicted octanol–water partition coefficient (Wildman–Crippen LogP) is 2.64. The first-order valence-electron chi connectivity index (χ1n) is 7.59. The highest BCUT2D eigenvalue weighted by molar-refractivity contribution is 6.33. The number of nitro groups is 1. The van der Waals surface area contributed by atoms with E-state index in [1.807, 2.05) is 19.9 Å². The van der Waals surface area contributed by atoms with E-state index in [9.17, 15) is 19.7 Å². The molecule has 0 bridgehead atoms. The minimum absolute atomic E-state index is 0.0353. The zero-order chi connectivity index (χ0) is 18.3. The molecule has 0 aliphatic carbocycles. The van der Waals surface area contributed by atoms with Crippen LogP contribution in [0, 0.1) is 29.9 Å². The van der Waals surface area contributed by atoms with Gasteiger partial charge in [0.1, 0.15) is 5.02 Å². The van der Waals surface area contributed by atoms with Gasteiger partial charge in [0.25, 0.3) is 5.69 Å². The molecule has 1 aliphatic rings. The summed E-state index contributed by atoms with van der Waals surface area (Å²) in [5.41, 5.74) is 1.54. The van der Waals surface area contributed by atoms with E-state index in [4.69, 9.17) is 11.6 Å². The topological polar surface area (TPSA) is 98.3 Å². The summed E-state index contributed by atoms with van der Waals surface area (Å²) in [6.45, 7) is 4.02. The molecular weight excluding hydrogens is 348 g/mol. The second-order valence-corrected chi connectivity index (χ2v) is 6.38. The summed E-state index contributed by atoms with van der Waals surface area (Å²) in [6, 6.07) is 5.77. The summed E-state index contributed by atoms with van der Waals surface area (Å²) < 4.78 is 1.69. The van der Waals surface area contributed by atoms with E-state index in [1.54, 1.807) is 4.68 Å². The third-order valence-electron chi connectivity index (χ3n) is 4.12. The van der Waals surface area contributed by atoms with Crippen molar-refractivity contribution in [2.24, 2.45) is 5.92 Å². The van der Waals surface area contributed by atoms with Gasteiger partial charge in [-0.2, -0.15) is 5.10 Å². The van der Waals surface area contributed by atoms with Gasteiger partial charge in [-0.25, -0.2) is 4.90 Å². The van der Waals surface area contributed by atoms with E-state index in [2.05, 4.69) is 5.10 Å². The number of carbonyl (C=O) groups excluding carboxylic acids is 2. The largest absolute Gasteiger partial charge is 0.289 e. The number of benzene rings is 1. The maximum atomic E-state index is 12.7. The van der Waals surface area contributed by atoms with Crippen molar-refractivity contribution in [3.8, 4) is 0 Å². The Morgan fingerprint density at radius 1 is 1.32 bits per heavy atom. The van der Waals surface area contributed by atoms with Crippen LogP contribution in [0.25, 0.3) is 0 Å². The third-order valence-corrected chi connectivity index (χ3v) is 4.44. The molecule has 0 spiro atoms. The van der Waals surface area contributed by atoms with Crippen LogP contribution < -0.4 is 4.90 Å². The molecule has 3 rings (SSSR count). The molecule has 9 heteroatoms. The SMILES string of the molecule is Cc1cc(C)n(CC2CC(=O)N(c3ccc(Cl)c([N+](=O)[O-])c3)C2=O)n1. The number of hydrogen-bond donors (Lipinski definition) is 0. The Balaban J connectivity index is 1.88. The van der Waals surface area contributed by atoms with Crippen LogP contribution in [-0.4, -0.2) is 26.5 Å². The van der Waals surface area contributed by atoms with Crippen molar-refractivity contribution in [3.05, 3.63) is 50.8 Å². The van der Waals surface area contributed by atoms with Gasteiger partial charge in [-0.3, -0.25) is 24.4 Å². The van der Waals surface area contributed by atoms with Crippen molar-refractivity contribution in [1.29, 1.82) is 0 Å². The molecule has 8 nitrogen and oxygen atoms in total. The first kappa shape index (κ1) is 17.1. The summed E-state index contributed by atoms with van der Waals surface area (Å²) in [7, 11) is 0. The van der Waals surface area contributed by atoms with Crippen LogP contribution in [0.3, 0.4) is 0 Å². The fourth-order valence-corrected chi connectivity index (χ4v) is 3.14. The van der Waals surface area contributed by atoms with Crippen LogP contribution in [0.15, 0.2) is 24.3 Å². The maximum absolute atomic E-state index is 12.7. The molecule has 1 aliphatic heterocycles. The monoisotopic (exact) mass is 362 g/mol. The summed E-state index contributed by atoms with van der Waals surface area (Å²) in [4.78, 5) is 36.3. The van der Waals surface area contributed by atoms with Crippen molar-refractivity contribution in [1.82, 2.24) is 9.78 Å². The normalized spacial score (nSPS) is 17.4. The van der Waals surface area contributed by atoms with Crippen molar-refractivity contribution in [2.75, 3.05) is 4.90 Å². The number of rotatable bonds is 4. The average Bonchev–Trinajstić information content (AvgIpc) is 2.99. The molecule has 2 amide bonds. The molecule has 130 valence electrons. The van der Waals surface area contributed by atoms with Crippen LogP contribution >= 0.6 is 11.6 Å². The number of carbonyl (C=O) groups is 2. The Morgan fingerprint density at radius 2 is 2.04 bits per heavy atom. The van der Waals surface area contributed by atoms with Crippen LogP contribution in [-0.2, 0) is 16.1 Å².